The van der Waals surface area contributed by atoms with E-state index >= 15 is 0 Å². The molecule has 1 fully saturated rings. The summed E-state index contributed by atoms with van der Waals surface area (Å²) in [5, 5.41) is 4.60. The molecule has 0 bridgehead atoms. The van der Waals surface area contributed by atoms with Gasteiger partial charge in [-0.2, -0.15) is 4.52 Å². The number of nitrogens with zero attached hydrogens (tertiary/aromatic N) is 6. The Morgan fingerprint density at radius 3 is 2.70 bits per heavy atom. The molecule has 0 atom stereocenters. The van der Waals surface area contributed by atoms with Crippen molar-refractivity contribution in [1.29, 1.82) is 0 Å². The summed E-state index contributed by atoms with van der Waals surface area (Å²) in [6.07, 6.45) is 4.52. The number of aryl methyl sites for hydroxylation is 1. The molecule has 3 aromatic rings. The van der Waals surface area contributed by atoms with Crippen molar-refractivity contribution >= 4 is 27.2 Å². The maximum atomic E-state index is 12.3. The smallest absolute Gasteiger partial charge is 0.274 e. The minimum atomic E-state index is -3.25. The zero-order valence-electron chi connectivity index (χ0n) is 16.9. The normalized spacial score (nSPS) is 18.1. The number of pyridine rings is 1. The van der Waals surface area contributed by atoms with Crippen LogP contribution in [0.15, 0.2) is 29.3 Å². The second kappa shape index (κ2) is 6.76. The van der Waals surface area contributed by atoms with Gasteiger partial charge in [0.2, 0.25) is 10.0 Å². The number of hydrogen-bond acceptors (Lipinski definition) is 7. The van der Waals surface area contributed by atoms with Crippen molar-refractivity contribution in [2.45, 2.75) is 33.2 Å². The van der Waals surface area contributed by atoms with Crippen molar-refractivity contribution in [2.24, 2.45) is 0 Å². The number of fused-ring (bicyclic) bond motifs is 2. The molecule has 10 heteroatoms. The average molecular weight is 427 g/mol. The Morgan fingerprint density at radius 1 is 1.10 bits per heavy atom. The van der Waals surface area contributed by atoms with Crippen LogP contribution < -0.4 is 14.8 Å². The molecule has 0 aliphatic carbocycles. The van der Waals surface area contributed by atoms with Crippen LogP contribution in [0.3, 0.4) is 0 Å². The summed E-state index contributed by atoms with van der Waals surface area (Å²) < 4.78 is 27.4. The first-order chi connectivity index (χ1) is 14.3. The molecular formula is C20H22N6O3S. The molecule has 5 rings (SSSR count). The van der Waals surface area contributed by atoms with Gasteiger partial charge in [-0.1, -0.05) is 0 Å². The van der Waals surface area contributed by atoms with Crippen LogP contribution in [0.2, 0.25) is 0 Å². The van der Waals surface area contributed by atoms with Crippen molar-refractivity contribution in [3.8, 4) is 0 Å². The molecule has 5 heterocycles. The highest BCUT2D eigenvalue weighted by Gasteiger charge is 2.30. The van der Waals surface area contributed by atoms with E-state index in [1.165, 1.54) is 21.1 Å². The van der Waals surface area contributed by atoms with Gasteiger partial charge in [0.25, 0.3) is 5.56 Å². The largest absolute Gasteiger partial charge is 0.350 e. The first-order valence-electron chi connectivity index (χ1n) is 9.93. The lowest BCUT2D eigenvalue weighted by atomic mass is 10.0. The molecule has 3 aromatic heterocycles. The molecule has 9 nitrogen and oxygen atoms in total. The number of rotatable bonds is 2. The van der Waals surface area contributed by atoms with E-state index in [4.69, 9.17) is 0 Å². The van der Waals surface area contributed by atoms with Crippen LogP contribution in [0.1, 0.15) is 28.8 Å². The van der Waals surface area contributed by atoms with Gasteiger partial charge in [0, 0.05) is 55.1 Å². The minimum absolute atomic E-state index is 0.179. The molecule has 0 saturated carbocycles. The van der Waals surface area contributed by atoms with Gasteiger partial charge in [-0.3, -0.25) is 14.1 Å². The van der Waals surface area contributed by atoms with Gasteiger partial charge in [-0.15, -0.1) is 5.10 Å². The van der Waals surface area contributed by atoms with E-state index in [1.54, 1.807) is 6.20 Å². The molecule has 0 aromatic carbocycles. The fourth-order valence-corrected chi connectivity index (χ4v) is 5.76. The zero-order chi connectivity index (χ0) is 21.0. The molecule has 0 N–H and O–H groups in total. The SMILES string of the molecule is Cc1c(N2CCc3ncc(N4CCCS4(=O)=O)cc3C2)nn2c(=O)ccnc2c1C. The predicted octanol–water partition coefficient (Wildman–Crippen LogP) is 1.20. The molecule has 30 heavy (non-hydrogen) atoms. The lowest BCUT2D eigenvalue weighted by Gasteiger charge is -2.31. The van der Waals surface area contributed by atoms with Gasteiger partial charge >= 0.3 is 0 Å². The summed E-state index contributed by atoms with van der Waals surface area (Å²) in [6.45, 7) is 5.69. The molecule has 0 amide bonds. The van der Waals surface area contributed by atoms with Crippen molar-refractivity contribution in [3.63, 3.8) is 0 Å². The van der Waals surface area contributed by atoms with Gasteiger partial charge < -0.3 is 4.90 Å². The maximum absolute atomic E-state index is 12.3. The quantitative estimate of drug-likeness (QED) is 0.607. The summed E-state index contributed by atoms with van der Waals surface area (Å²) in [5.74, 6) is 0.915. The Bertz CT molecular complexity index is 1330. The Hall–Kier alpha value is -3.01. The summed E-state index contributed by atoms with van der Waals surface area (Å²) in [5.41, 5.74) is 4.81. The molecule has 0 spiro atoms. The van der Waals surface area contributed by atoms with Crippen LogP contribution in [0.4, 0.5) is 11.5 Å². The highest BCUT2D eigenvalue weighted by atomic mass is 32.2. The Balaban J connectivity index is 1.55. The Morgan fingerprint density at radius 2 is 1.93 bits per heavy atom. The number of aromatic nitrogens is 4. The summed E-state index contributed by atoms with van der Waals surface area (Å²) in [7, 11) is -3.25. The van der Waals surface area contributed by atoms with Gasteiger partial charge in [0.15, 0.2) is 11.5 Å². The maximum Gasteiger partial charge on any atom is 0.274 e. The van der Waals surface area contributed by atoms with Crippen molar-refractivity contribution in [3.05, 3.63) is 57.3 Å². The van der Waals surface area contributed by atoms with E-state index in [0.717, 1.165) is 41.2 Å². The molecule has 156 valence electrons. The number of anilines is 2. The van der Waals surface area contributed by atoms with Crippen LogP contribution >= 0.6 is 0 Å². The van der Waals surface area contributed by atoms with Crippen molar-refractivity contribution in [1.82, 2.24) is 19.6 Å². The fourth-order valence-electron chi connectivity index (χ4n) is 4.22. The minimum Gasteiger partial charge on any atom is -0.350 e. The lowest BCUT2D eigenvalue weighted by Crippen LogP contribution is -2.34. The van der Waals surface area contributed by atoms with E-state index in [9.17, 15) is 13.2 Å². The van der Waals surface area contributed by atoms with Crippen LogP contribution in [-0.4, -0.2) is 46.8 Å². The highest BCUT2D eigenvalue weighted by Crippen LogP contribution is 2.30. The first kappa shape index (κ1) is 19.0. The van der Waals surface area contributed by atoms with E-state index in [0.29, 0.717) is 30.8 Å². The Kier molecular flexibility index (Phi) is 4.28. The van der Waals surface area contributed by atoms with Crippen LogP contribution in [0.5, 0.6) is 0 Å². The summed E-state index contributed by atoms with van der Waals surface area (Å²) in [6, 6.07) is 3.32. The third-order valence-corrected chi connectivity index (χ3v) is 7.83. The van der Waals surface area contributed by atoms with Gasteiger partial charge in [0.05, 0.1) is 17.6 Å². The van der Waals surface area contributed by atoms with Gasteiger partial charge in [-0.05, 0) is 31.9 Å². The van der Waals surface area contributed by atoms with E-state index < -0.39 is 10.0 Å². The average Bonchev–Trinajstić information content (AvgIpc) is 3.09. The summed E-state index contributed by atoms with van der Waals surface area (Å²) >= 11 is 0. The Labute approximate surface area is 174 Å². The third kappa shape index (κ3) is 2.94. The van der Waals surface area contributed by atoms with Crippen molar-refractivity contribution < 1.29 is 8.42 Å². The topological polar surface area (TPSA) is 101 Å². The lowest BCUT2D eigenvalue weighted by molar-refractivity contribution is 0.599. The van der Waals surface area contributed by atoms with E-state index in [1.807, 2.05) is 19.9 Å². The second-order valence-corrected chi connectivity index (χ2v) is 9.82. The molecule has 0 radical (unpaired) electrons. The second-order valence-electron chi connectivity index (χ2n) is 7.80. The molecular weight excluding hydrogens is 404 g/mol. The zero-order valence-corrected chi connectivity index (χ0v) is 17.7. The first-order valence-corrected chi connectivity index (χ1v) is 11.5. The van der Waals surface area contributed by atoms with Crippen LogP contribution in [-0.2, 0) is 23.0 Å². The number of hydrogen-bond donors (Lipinski definition) is 0. The summed E-state index contributed by atoms with van der Waals surface area (Å²) in [4.78, 5) is 23.3. The van der Waals surface area contributed by atoms with Crippen molar-refractivity contribution in [2.75, 3.05) is 28.0 Å². The van der Waals surface area contributed by atoms with E-state index in [-0.39, 0.29) is 11.3 Å². The van der Waals surface area contributed by atoms with Gasteiger partial charge in [0.1, 0.15) is 0 Å². The number of sulfonamides is 1. The third-order valence-electron chi connectivity index (χ3n) is 5.96. The van der Waals surface area contributed by atoms with E-state index in [2.05, 4.69) is 20.0 Å². The molecule has 2 aliphatic rings. The van der Waals surface area contributed by atoms with Gasteiger partial charge in [-0.25, -0.2) is 13.4 Å². The molecule has 2 aliphatic heterocycles. The molecule has 0 unspecified atom stereocenters. The van der Waals surface area contributed by atoms with Crippen LogP contribution in [0.25, 0.3) is 5.65 Å². The fraction of sp³-hybridized carbons (Fsp3) is 0.400. The monoisotopic (exact) mass is 426 g/mol. The molecule has 1 saturated heterocycles. The highest BCUT2D eigenvalue weighted by molar-refractivity contribution is 7.93. The predicted molar refractivity (Wildman–Crippen MR) is 113 cm³/mol. The standard InChI is InChI=1S/C20H22N6O3S/c1-13-14(2)20(23-26-18(27)4-6-21-19(13)26)24-8-5-17-15(12-24)10-16(11-22-17)25-7-3-9-30(25,28)29/h4,6,10-11H,3,5,7-9,12H2,1-2H3. The van der Waals surface area contributed by atoms with Crippen LogP contribution in [0, 0.1) is 13.8 Å².